The van der Waals surface area contributed by atoms with E-state index in [1.54, 1.807) is 12.3 Å². The molecule has 1 heterocycles. The Kier molecular flexibility index (Phi) is 6.60. The van der Waals surface area contributed by atoms with Gasteiger partial charge in [-0.1, -0.05) is 79.9 Å². The second-order valence-electron chi connectivity index (χ2n) is 7.64. The van der Waals surface area contributed by atoms with Crippen molar-refractivity contribution in [2.75, 3.05) is 5.32 Å². The maximum atomic E-state index is 12.2. The molecule has 154 valence electrons. The van der Waals surface area contributed by atoms with E-state index in [0.29, 0.717) is 11.6 Å². The molecule has 3 aromatic rings. The van der Waals surface area contributed by atoms with Gasteiger partial charge in [0.15, 0.2) is 6.10 Å². The Bertz CT molecular complexity index is 884. The van der Waals surface area contributed by atoms with Gasteiger partial charge in [0, 0.05) is 12.1 Å². The molecule has 1 saturated carbocycles. The van der Waals surface area contributed by atoms with Gasteiger partial charge in [0.2, 0.25) is 5.88 Å². The third kappa shape index (κ3) is 5.38. The molecule has 0 aliphatic heterocycles. The zero-order chi connectivity index (χ0) is 20.6. The van der Waals surface area contributed by atoms with Crippen LogP contribution >= 0.6 is 0 Å². The number of aromatic nitrogens is 1. The predicted octanol–water partition coefficient (Wildman–Crippen LogP) is 5.70. The van der Waals surface area contributed by atoms with E-state index >= 15 is 0 Å². The smallest absolute Gasteiger partial charge is 0.319 e. The standard InChI is InChI=1S/C25H27N3O2/c29-25(27-21-14-8-3-9-15-21)28-22-16-17-23(26-18-22)30-24(19-10-4-1-5-11-19)20-12-6-2-7-13-20/h1-2,4-7,10-13,16-18,21,24H,3,8-9,14-15H2,(H2,27,28,29). The number of ether oxygens (including phenoxy) is 1. The molecule has 1 fully saturated rings. The topological polar surface area (TPSA) is 63.2 Å². The fourth-order valence-electron chi connectivity index (χ4n) is 3.83. The predicted molar refractivity (Wildman–Crippen MR) is 119 cm³/mol. The highest BCUT2D eigenvalue weighted by atomic mass is 16.5. The maximum Gasteiger partial charge on any atom is 0.319 e. The van der Waals surface area contributed by atoms with Crippen LogP contribution in [0.2, 0.25) is 0 Å². The summed E-state index contributed by atoms with van der Waals surface area (Å²) in [5, 5.41) is 5.91. The molecule has 4 rings (SSSR count). The molecule has 2 aromatic carbocycles. The van der Waals surface area contributed by atoms with Crippen molar-refractivity contribution < 1.29 is 9.53 Å². The van der Waals surface area contributed by atoms with Crippen LogP contribution in [0.5, 0.6) is 5.88 Å². The van der Waals surface area contributed by atoms with Gasteiger partial charge in [0.25, 0.3) is 0 Å². The highest BCUT2D eigenvalue weighted by Gasteiger charge is 2.17. The minimum atomic E-state index is -0.256. The summed E-state index contributed by atoms with van der Waals surface area (Å²) >= 11 is 0. The normalized spacial score (nSPS) is 14.3. The van der Waals surface area contributed by atoms with Crippen molar-refractivity contribution in [1.29, 1.82) is 0 Å². The van der Waals surface area contributed by atoms with Crippen molar-refractivity contribution >= 4 is 11.7 Å². The number of nitrogens with zero attached hydrogens (tertiary/aromatic N) is 1. The third-order valence-corrected chi connectivity index (χ3v) is 5.38. The second kappa shape index (κ2) is 9.92. The van der Waals surface area contributed by atoms with E-state index in [1.807, 2.05) is 66.7 Å². The van der Waals surface area contributed by atoms with E-state index in [2.05, 4.69) is 15.6 Å². The molecule has 0 unspecified atom stereocenters. The van der Waals surface area contributed by atoms with Gasteiger partial charge in [-0.25, -0.2) is 9.78 Å². The van der Waals surface area contributed by atoms with Gasteiger partial charge in [-0.15, -0.1) is 0 Å². The van der Waals surface area contributed by atoms with E-state index in [4.69, 9.17) is 4.74 Å². The van der Waals surface area contributed by atoms with Crippen molar-refractivity contribution in [2.45, 2.75) is 44.2 Å². The number of anilines is 1. The van der Waals surface area contributed by atoms with Gasteiger partial charge < -0.3 is 15.4 Å². The molecule has 0 atom stereocenters. The lowest BCUT2D eigenvalue weighted by Crippen LogP contribution is -2.39. The number of carbonyl (C=O) groups excluding carboxylic acids is 1. The van der Waals surface area contributed by atoms with Crippen molar-refractivity contribution in [3.8, 4) is 5.88 Å². The van der Waals surface area contributed by atoms with Gasteiger partial charge in [-0.05, 0) is 30.0 Å². The molecule has 2 N–H and O–H groups in total. The van der Waals surface area contributed by atoms with Crippen LogP contribution in [0, 0.1) is 0 Å². The molecular formula is C25H27N3O2. The van der Waals surface area contributed by atoms with Crippen LogP contribution in [0.4, 0.5) is 10.5 Å². The summed E-state index contributed by atoms with van der Waals surface area (Å²) in [5.74, 6) is 0.506. The van der Waals surface area contributed by atoms with Crippen molar-refractivity contribution in [3.63, 3.8) is 0 Å². The lowest BCUT2D eigenvalue weighted by molar-refractivity contribution is 0.237. The van der Waals surface area contributed by atoms with Crippen molar-refractivity contribution in [3.05, 3.63) is 90.1 Å². The fourth-order valence-corrected chi connectivity index (χ4v) is 3.83. The number of amides is 2. The van der Waals surface area contributed by atoms with Crippen LogP contribution in [-0.4, -0.2) is 17.1 Å². The lowest BCUT2D eigenvalue weighted by atomic mass is 9.96. The number of rotatable bonds is 6. The van der Waals surface area contributed by atoms with Crippen LogP contribution in [0.3, 0.4) is 0 Å². The Balaban J connectivity index is 1.41. The van der Waals surface area contributed by atoms with Gasteiger partial charge in [0.05, 0.1) is 11.9 Å². The molecule has 0 spiro atoms. The molecule has 0 bridgehead atoms. The summed E-state index contributed by atoms with van der Waals surface area (Å²) in [5.41, 5.74) is 2.76. The van der Waals surface area contributed by atoms with Crippen LogP contribution < -0.4 is 15.4 Å². The highest BCUT2D eigenvalue weighted by molar-refractivity contribution is 5.89. The monoisotopic (exact) mass is 401 g/mol. The Morgan fingerprint density at radius 1 is 0.867 bits per heavy atom. The van der Waals surface area contributed by atoms with Crippen LogP contribution in [0.25, 0.3) is 0 Å². The van der Waals surface area contributed by atoms with E-state index in [1.165, 1.54) is 19.3 Å². The fraction of sp³-hybridized carbons (Fsp3) is 0.280. The zero-order valence-corrected chi connectivity index (χ0v) is 17.0. The Morgan fingerprint density at radius 3 is 2.07 bits per heavy atom. The maximum absolute atomic E-state index is 12.2. The first kappa shape index (κ1) is 20.0. The quantitative estimate of drug-likeness (QED) is 0.556. The molecule has 2 amide bonds. The van der Waals surface area contributed by atoms with Crippen LogP contribution in [0.1, 0.15) is 49.3 Å². The van der Waals surface area contributed by atoms with Gasteiger partial charge >= 0.3 is 6.03 Å². The molecule has 1 aromatic heterocycles. The van der Waals surface area contributed by atoms with Crippen LogP contribution in [-0.2, 0) is 0 Å². The summed E-state index contributed by atoms with van der Waals surface area (Å²) in [6.07, 6.45) is 7.11. The van der Waals surface area contributed by atoms with E-state index in [-0.39, 0.29) is 18.2 Å². The number of hydrogen-bond acceptors (Lipinski definition) is 3. The second-order valence-corrected chi connectivity index (χ2v) is 7.64. The summed E-state index contributed by atoms with van der Waals surface area (Å²) in [7, 11) is 0. The lowest BCUT2D eigenvalue weighted by Gasteiger charge is -2.23. The van der Waals surface area contributed by atoms with E-state index in [9.17, 15) is 4.79 Å². The number of hydrogen-bond donors (Lipinski definition) is 2. The van der Waals surface area contributed by atoms with Crippen molar-refractivity contribution in [2.24, 2.45) is 0 Å². The first-order valence-corrected chi connectivity index (χ1v) is 10.6. The molecule has 0 saturated heterocycles. The highest BCUT2D eigenvalue weighted by Crippen LogP contribution is 2.27. The Hall–Kier alpha value is -3.34. The summed E-state index contributed by atoms with van der Waals surface area (Å²) in [6.45, 7) is 0. The average Bonchev–Trinajstić information content (AvgIpc) is 2.80. The molecule has 5 nitrogen and oxygen atoms in total. The zero-order valence-electron chi connectivity index (χ0n) is 17.0. The van der Waals surface area contributed by atoms with Gasteiger partial charge in [-0.3, -0.25) is 0 Å². The molecule has 1 aliphatic rings. The molecule has 5 heteroatoms. The summed E-state index contributed by atoms with van der Waals surface area (Å²) in [6, 6.07) is 23.9. The minimum Gasteiger partial charge on any atom is -0.465 e. The number of carbonyl (C=O) groups is 1. The van der Waals surface area contributed by atoms with Crippen molar-refractivity contribution in [1.82, 2.24) is 10.3 Å². The average molecular weight is 402 g/mol. The summed E-state index contributed by atoms with van der Waals surface area (Å²) in [4.78, 5) is 16.6. The largest absolute Gasteiger partial charge is 0.465 e. The SMILES string of the molecule is O=C(Nc1ccc(OC(c2ccccc2)c2ccccc2)nc1)NC1CCCCC1. The number of nitrogens with one attached hydrogen (secondary N) is 2. The molecule has 0 radical (unpaired) electrons. The van der Waals surface area contributed by atoms with E-state index < -0.39 is 0 Å². The molecular weight excluding hydrogens is 374 g/mol. The van der Waals surface area contributed by atoms with Gasteiger partial charge in [-0.2, -0.15) is 0 Å². The van der Waals surface area contributed by atoms with E-state index in [0.717, 1.165) is 24.0 Å². The summed E-state index contributed by atoms with van der Waals surface area (Å²) < 4.78 is 6.23. The van der Waals surface area contributed by atoms with Gasteiger partial charge in [0.1, 0.15) is 0 Å². The molecule has 30 heavy (non-hydrogen) atoms. The first-order valence-electron chi connectivity index (χ1n) is 10.6. The first-order chi connectivity index (χ1) is 14.8. The Labute approximate surface area is 177 Å². The molecule has 1 aliphatic carbocycles. The number of urea groups is 1. The number of pyridine rings is 1. The third-order valence-electron chi connectivity index (χ3n) is 5.38. The number of benzene rings is 2. The Morgan fingerprint density at radius 2 is 1.50 bits per heavy atom. The van der Waals surface area contributed by atoms with Crippen LogP contribution in [0.15, 0.2) is 79.0 Å². The minimum absolute atomic E-state index is 0.177.